The normalized spacial score (nSPS) is 17.0. The van der Waals surface area contributed by atoms with Crippen LogP contribution in [0.3, 0.4) is 0 Å². The number of benzene rings is 1. The van der Waals surface area contributed by atoms with Crippen molar-refractivity contribution in [1.29, 1.82) is 0 Å². The van der Waals surface area contributed by atoms with Crippen LogP contribution in [-0.2, 0) is 4.79 Å². The van der Waals surface area contributed by atoms with Crippen molar-refractivity contribution in [1.82, 2.24) is 10.2 Å². The Bertz CT molecular complexity index is 638. The number of rotatable bonds is 6. The van der Waals surface area contributed by atoms with Crippen LogP contribution in [0.5, 0.6) is 5.75 Å². The van der Waals surface area contributed by atoms with E-state index in [1.165, 1.54) is 23.1 Å². The first-order chi connectivity index (χ1) is 11.7. The lowest BCUT2D eigenvalue weighted by Gasteiger charge is -2.26. The summed E-state index contributed by atoms with van der Waals surface area (Å²) in [5.41, 5.74) is 5.30. The molecule has 9 heteroatoms. The minimum absolute atomic E-state index is 0. The van der Waals surface area contributed by atoms with Crippen LogP contribution in [0.2, 0.25) is 0 Å². The van der Waals surface area contributed by atoms with Crippen molar-refractivity contribution in [2.45, 2.75) is 44.9 Å². The van der Waals surface area contributed by atoms with Gasteiger partial charge in [-0.3, -0.25) is 9.59 Å². The Balaban J connectivity index is 0.00000338. The molecule has 1 aromatic rings. The van der Waals surface area contributed by atoms with Crippen molar-refractivity contribution in [3.05, 3.63) is 29.8 Å². The van der Waals surface area contributed by atoms with Crippen LogP contribution < -0.4 is 15.8 Å². The van der Waals surface area contributed by atoms with E-state index in [1.54, 1.807) is 19.9 Å². The van der Waals surface area contributed by atoms with Crippen molar-refractivity contribution in [3.63, 3.8) is 0 Å². The van der Waals surface area contributed by atoms with Gasteiger partial charge in [-0.1, -0.05) is 12.1 Å². The minimum atomic E-state index is -3.03. The van der Waals surface area contributed by atoms with E-state index < -0.39 is 24.1 Å². The number of likely N-dealkylation sites (tertiary alicyclic amines) is 1. The number of nitrogens with one attached hydrogen (secondary N) is 1. The number of para-hydroxylation sites is 1. The zero-order valence-corrected chi connectivity index (χ0v) is 15.5. The highest BCUT2D eigenvalue weighted by Gasteiger charge is 2.35. The second-order valence-corrected chi connectivity index (χ2v) is 6.74. The van der Waals surface area contributed by atoms with Crippen LogP contribution >= 0.6 is 12.4 Å². The molecular formula is C17H24ClF2N3O3. The summed E-state index contributed by atoms with van der Waals surface area (Å²) in [4.78, 5) is 26.5. The van der Waals surface area contributed by atoms with E-state index in [4.69, 9.17) is 5.73 Å². The molecule has 1 unspecified atom stereocenters. The molecular weight excluding hydrogens is 368 g/mol. The predicted octanol–water partition coefficient (Wildman–Crippen LogP) is 2.17. The number of hydrogen-bond acceptors (Lipinski definition) is 4. The molecule has 0 aliphatic carbocycles. The molecule has 0 bridgehead atoms. The van der Waals surface area contributed by atoms with E-state index in [-0.39, 0.29) is 36.2 Å². The van der Waals surface area contributed by atoms with Gasteiger partial charge in [0, 0.05) is 18.6 Å². The second-order valence-electron chi connectivity index (χ2n) is 6.74. The van der Waals surface area contributed by atoms with Crippen molar-refractivity contribution in [2.24, 2.45) is 5.73 Å². The lowest BCUT2D eigenvalue weighted by Crippen LogP contribution is -2.51. The van der Waals surface area contributed by atoms with Crippen LogP contribution in [0, 0.1) is 0 Å². The highest BCUT2D eigenvalue weighted by molar-refractivity contribution is 6.00. The zero-order chi connectivity index (χ0) is 18.6. The molecule has 2 amide bonds. The van der Waals surface area contributed by atoms with Crippen LogP contribution in [0.25, 0.3) is 0 Å². The van der Waals surface area contributed by atoms with Crippen molar-refractivity contribution in [3.8, 4) is 5.75 Å². The van der Waals surface area contributed by atoms with Crippen LogP contribution in [0.15, 0.2) is 24.3 Å². The van der Waals surface area contributed by atoms with Gasteiger partial charge in [0.15, 0.2) is 0 Å². The van der Waals surface area contributed by atoms with E-state index in [2.05, 4.69) is 10.1 Å². The summed E-state index contributed by atoms with van der Waals surface area (Å²) in [5.74, 6) is -0.991. The standard InChI is InChI=1S/C17H23F2N3O3.ClH/c1-17(2,20)10-21-14(23)12-7-5-9-22(12)15(24)11-6-3-4-8-13(11)25-16(18)19;/h3-4,6,8,12,16H,5,7,9-10,20H2,1-2H3,(H,21,23);1H. The number of alkyl halides is 2. The van der Waals surface area contributed by atoms with Gasteiger partial charge in [0.1, 0.15) is 11.8 Å². The Kier molecular flexibility index (Phi) is 7.77. The third-order valence-electron chi connectivity index (χ3n) is 3.87. The van der Waals surface area contributed by atoms with Gasteiger partial charge in [-0.2, -0.15) is 8.78 Å². The third-order valence-corrected chi connectivity index (χ3v) is 3.87. The van der Waals surface area contributed by atoms with Gasteiger partial charge < -0.3 is 20.7 Å². The van der Waals surface area contributed by atoms with Gasteiger partial charge in [-0.15, -0.1) is 12.4 Å². The quantitative estimate of drug-likeness (QED) is 0.778. The van der Waals surface area contributed by atoms with Crippen LogP contribution in [0.4, 0.5) is 8.78 Å². The van der Waals surface area contributed by atoms with Gasteiger partial charge in [-0.05, 0) is 38.8 Å². The Morgan fingerprint density at radius 1 is 1.38 bits per heavy atom. The van der Waals surface area contributed by atoms with Gasteiger partial charge in [0.25, 0.3) is 5.91 Å². The summed E-state index contributed by atoms with van der Waals surface area (Å²) in [5, 5.41) is 2.74. The lowest BCUT2D eigenvalue weighted by molar-refractivity contribution is -0.125. The summed E-state index contributed by atoms with van der Waals surface area (Å²) >= 11 is 0. The third kappa shape index (κ3) is 5.81. The molecule has 1 aliphatic rings. The van der Waals surface area contributed by atoms with E-state index in [1.807, 2.05) is 0 Å². The summed E-state index contributed by atoms with van der Waals surface area (Å²) in [7, 11) is 0. The van der Waals surface area contributed by atoms with E-state index >= 15 is 0 Å². The first-order valence-corrected chi connectivity index (χ1v) is 8.10. The average molecular weight is 392 g/mol. The highest BCUT2D eigenvalue weighted by atomic mass is 35.5. The van der Waals surface area contributed by atoms with Crippen molar-refractivity contribution < 1.29 is 23.1 Å². The summed E-state index contributed by atoms with van der Waals surface area (Å²) in [6.07, 6.45) is 1.17. The van der Waals surface area contributed by atoms with Crippen LogP contribution in [0.1, 0.15) is 37.0 Å². The Morgan fingerprint density at radius 3 is 2.65 bits per heavy atom. The molecule has 0 aromatic heterocycles. The first-order valence-electron chi connectivity index (χ1n) is 8.10. The highest BCUT2D eigenvalue weighted by Crippen LogP contribution is 2.26. The number of nitrogens with zero attached hydrogens (tertiary/aromatic N) is 1. The van der Waals surface area contributed by atoms with Crippen molar-refractivity contribution >= 4 is 24.2 Å². The average Bonchev–Trinajstić information content (AvgIpc) is 3.01. The van der Waals surface area contributed by atoms with E-state index in [9.17, 15) is 18.4 Å². The Morgan fingerprint density at radius 2 is 2.04 bits per heavy atom. The lowest BCUT2D eigenvalue weighted by atomic mass is 10.1. The zero-order valence-electron chi connectivity index (χ0n) is 14.7. The van der Waals surface area contributed by atoms with E-state index in [0.717, 1.165) is 0 Å². The SMILES string of the molecule is CC(C)(N)CNC(=O)C1CCCN1C(=O)c1ccccc1OC(F)F.Cl. The first kappa shape index (κ1) is 22.1. The molecule has 1 heterocycles. The fourth-order valence-electron chi connectivity index (χ4n) is 2.71. The molecule has 146 valence electrons. The monoisotopic (exact) mass is 391 g/mol. The number of carbonyl (C=O) groups is 2. The number of halogens is 3. The molecule has 1 aromatic carbocycles. The summed E-state index contributed by atoms with van der Waals surface area (Å²) in [6.45, 7) is 1.19. The topological polar surface area (TPSA) is 84.7 Å². The molecule has 2 rings (SSSR count). The number of hydrogen-bond donors (Lipinski definition) is 2. The van der Waals surface area contributed by atoms with E-state index in [0.29, 0.717) is 19.4 Å². The molecule has 0 saturated carbocycles. The molecule has 1 atom stereocenters. The largest absolute Gasteiger partial charge is 0.434 e. The number of amides is 2. The predicted molar refractivity (Wildman–Crippen MR) is 95.7 cm³/mol. The molecule has 3 N–H and O–H groups in total. The maximum absolute atomic E-state index is 12.8. The number of carbonyl (C=O) groups excluding carboxylic acids is 2. The van der Waals surface area contributed by atoms with Gasteiger partial charge in [0.05, 0.1) is 5.56 Å². The van der Waals surface area contributed by atoms with Crippen LogP contribution in [-0.4, -0.2) is 48.0 Å². The summed E-state index contributed by atoms with van der Waals surface area (Å²) in [6, 6.07) is 5.15. The minimum Gasteiger partial charge on any atom is -0.434 e. The molecule has 1 fully saturated rings. The fourth-order valence-corrected chi connectivity index (χ4v) is 2.71. The Hall–Kier alpha value is -1.93. The van der Waals surface area contributed by atoms with Gasteiger partial charge >= 0.3 is 6.61 Å². The molecule has 6 nitrogen and oxygen atoms in total. The molecule has 0 radical (unpaired) electrons. The van der Waals surface area contributed by atoms with Crippen molar-refractivity contribution in [2.75, 3.05) is 13.1 Å². The molecule has 1 saturated heterocycles. The maximum atomic E-state index is 12.8. The smallest absolute Gasteiger partial charge is 0.387 e. The summed E-state index contributed by atoms with van der Waals surface area (Å²) < 4.78 is 29.5. The number of nitrogens with two attached hydrogens (primary N) is 1. The maximum Gasteiger partial charge on any atom is 0.387 e. The second kappa shape index (κ2) is 9.14. The Labute approximate surface area is 157 Å². The van der Waals surface area contributed by atoms with Gasteiger partial charge in [-0.25, -0.2) is 0 Å². The molecule has 26 heavy (non-hydrogen) atoms. The fraction of sp³-hybridized carbons (Fsp3) is 0.529. The molecule has 1 aliphatic heterocycles. The van der Waals surface area contributed by atoms with Gasteiger partial charge in [0.2, 0.25) is 5.91 Å². The molecule has 0 spiro atoms. The number of ether oxygens (including phenoxy) is 1.